The first-order chi connectivity index (χ1) is 17.8. The van der Waals surface area contributed by atoms with Crippen LogP contribution in [0.25, 0.3) is 0 Å². The van der Waals surface area contributed by atoms with Crippen LogP contribution in [0.1, 0.15) is 21.8 Å². The van der Waals surface area contributed by atoms with E-state index >= 15 is 0 Å². The van der Waals surface area contributed by atoms with Crippen molar-refractivity contribution in [3.05, 3.63) is 120 Å². The minimum absolute atomic E-state index is 0.157. The highest BCUT2D eigenvalue weighted by Crippen LogP contribution is 2.24. The van der Waals surface area contributed by atoms with Gasteiger partial charge in [0.2, 0.25) is 11.8 Å². The summed E-state index contributed by atoms with van der Waals surface area (Å²) >= 11 is 0. The second-order valence-corrected chi connectivity index (χ2v) is 8.10. The zero-order valence-electron chi connectivity index (χ0n) is 19.4. The molecule has 37 heavy (non-hydrogen) atoms. The fourth-order valence-electron chi connectivity index (χ4n) is 3.62. The van der Waals surface area contributed by atoms with Gasteiger partial charge < -0.3 is 21.7 Å². The van der Waals surface area contributed by atoms with Gasteiger partial charge in [-0.05, 0) is 66.2 Å². The summed E-state index contributed by atoms with van der Waals surface area (Å²) in [5.41, 5.74) is 7.56. The summed E-state index contributed by atoms with van der Waals surface area (Å²) in [7, 11) is 0. The minimum atomic E-state index is -1.39. The van der Waals surface area contributed by atoms with Crippen LogP contribution in [-0.4, -0.2) is 17.7 Å². The van der Waals surface area contributed by atoms with Crippen LogP contribution in [0.3, 0.4) is 0 Å². The molecule has 0 aliphatic rings. The second-order valence-electron chi connectivity index (χ2n) is 8.10. The van der Waals surface area contributed by atoms with Crippen molar-refractivity contribution in [3.63, 3.8) is 0 Å². The standard InChI is InChI=1S/C28H22F2N4O3/c29-19-5-3-7-21(15-19)32-27(36)25(28(37)33-22-8-4-6-20(30)16-22)17-11-13-18(14-12-17)26(35)34-24-10-2-1-9-23(24)31/h1-16,25H,31H2,(H,32,36)(H,33,37)(H,34,35). The first-order valence-corrected chi connectivity index (χ1v) is 11.2. The molecule has 0 aliphatic heterocycles. The first-order valence-electron chi connectivity index (χ1n) is 11.2. The molecule has 4 aromatic carbocycles. The summed E-state index contributed by atoms with van der Waals surface area (Å²) in [6, 6.07) is 23.1. The Hall–Kier alpha value is -5.05. The SMILES string of the molecule is Nc1ccccc1NC(=O)c1ccc(C(C(=O)Nc2cccc(F)c2)C(=O)Nc2cccc(F)c2)cc1. The molecule has 9 heteroatoms. The molecule has 0 bridgehead atoms. The van der Waals surface area contributed by atoms with E-state index < -0.39 is 35.3 Å². The van der Waals surface area contributed by atoms with E-state index in [0.29, 0.717) is 11.4 Å². The quantitative estimate of drug-likeness (QED) is 0.207. The molecule has 0 unspecified atom stereocenters. The Morgan fingerprint density at radius 2 is 1.19 bits per heavy atom. The van der Waals surface area contributed by atoms with Gasteiger partial charge in [-0.25, -0.2) is 8.78 Å². The predicted octanol–water partition coefficient (Wildman–Crippen LogP) is 5.16. The van der Waals surface area contributed by atoms with E-state index in [1.165, 1.54) is 60.7 Å². The molecule has 186 valence electrons. The summed E-state index contributed by atoms with van der Waals surface area (Å²) in [4.78, 5) is 39.0. The highest BCUT2D eigenvalue weighted by Gasteiger charge is 2.29. The summed E-state index contributed by atoms with van der Waals surface area (Å²) < 4.78 is 27.2. The molecular weight excluding hydrogens is 478 g/mol. The maximum Gasteiger partial charge on any atom is 0.255 e. The fourth-order valence-corrected chi connectivity index (χ4v) is 3.62. The average molecular weight is 501 g/mol. The number of anilines is 4. The van der Waals surface area contributed by atoms with Gasteiger partial charge in [0.15, 0.2) is 0 Å². The fraction of sp³-hybridized carbons (Fsp3) is 0.0357. The van der Waals surface area contributed by atoms with Gasteiger partial charge >= 0.3 is 0 Å². The number of nitrogens with two attached hydrogens (primary N) is 1. The maximum atomic E-state index is 13.6. The topological polar surface area (TPSA) is 113 Å². The lowest BCUT2D eigenvalue weighted by molar-refractivity contribution is -0.125. The highest BCUT2D eigenvalue weighted by molar-refractivity contribution is 6.15. The monoisotopic (exact) mass is 500 g/mol. The van der Waals surface area contributed by atoms with Gasteiger partial charge in [-0.3, -0.25) is 14.4 Å². The van der Waals surface area contributed by atoms with Crippen LogP contribution in [-0.2, 0) is 9.59 Å². The molecule has 0 saturated heterocycles. The van der Waals surface area contributed by atoms with Crippen LogP contribution in [0.4, 0.5) is 31.5 Å². The largest absolute Gasteiger partial charge is 0.397 e. The third-order valence-corrected chi connectivity index (χ3v) is 5.42. The molecule has 0 aliphatic carbocycles. The molecule has 4 aromatic rings. The molecule has 0 radical (unpaired) electrons. The molecule has 0 fully saturated rings. The Morgan fingerprint density at radius 3 is 1.70 bits per heavy atom. The Morgan fingerprint density at radius 1 is 0.649 bits per heavy atom. The van der Waals surface area contributed by atoms with E-state index in [1.54, 1.807) is 24.3 Å². The molecular formula is C28H22F2N4O3. The van der Waals surface area contributed by atoms with Crippen LogP contribution in [0.15, 0.2) is 97.1 Å². The number of hydrogen-bond donors (Lipinski definition) is 4. The van der Waals surface area contributed by atoms with E-state index in [-0.39, 0.29) is 22.5 Å². The van der Waals surface area contributed by atoms with Gasteiger partial charge in [0.1, 0.15) is 17.6 Å². The molecule has 0 atom stereocenters. The average Bonchev–Trinajstić information content (AvgIpc) is 2.86. The van der Waals surface area contributed by atoms with E-state index in [9.17, 15) is 23.2 Å². The highest BCUT2D eigenvalue weighted by atomic mass is 19.1. The Bertz CT molecular complexity index is 1400. The maximum absolute atomic E-state index is 13.6. The normalized spacial score (nSPS) is 10.6. The zero-order chi connectivity index (χ0) is 26.4. The van der Waals surface area contributed by atoms with Crippen molar-refractivity contribution in [2.45, 2.75) is 5.92 Å². The summed E-state index contributed by atoms with van der Waals surface area (Å²) in [6.45, 7) is 0. The van der Waals surface area contributed by atoms with Crippen LogP contribution >= 0.6 is 0 Å². The number of nitrogens with one attached hydrogen (secondary N) is 3. The van der Waals surface area contributed by atoms with Crippen molar-refractivity contribution in [3.8, 4) is 0 Å². The smallest absolute Gasteiger partial charge is 0.255 e. The number of halogens is 2. The van der Waals surface area contributed by atoms with Gasteiger partial charge in [-0.15, -0.1) is 0 Å². The van der Waals surface area contributed by atoms with Gasteiger partial charge in [0.05, 0.1) is 11.4 Å². The first kappa shape index (κ1) is 25.1. The Balaban J connectivity index is 1.59. The van der Waals surface area contributed by atoms with Crippen molar-refractivity contribution < 1.29 is 23.2 Å². The molecule has 4 rings (SSSR count). The van der Waals surface area contributed by atoms with Crippen molar-refractivity contribution in [1.29, 1.82) is 0 Å². The van der Waals surface area contributed by atoms with Crippen molar-refractivity contribution in [1.82, 2.24) is 0 Å². The molecule has 3 amide bonds. The summed E-state index contributed by atoms with van der Waals surface area (Å²) in [5, 5.41) is 7.76. The van der Waals surface area contributed by atoms with E-state index in [0.717, 1.165) is 12.1 Å². The number of para-hydroxylation sites is 2. The van der Waals surface area contributed by atoms with Crippen LogP contribution in [0.5, 0.6) is 0 Å². The zero-order valence-corrected chi connectivity index (χ0v) is 19.4. The summed E-state index contributed by atoms with van der Waals surface area (Å²) in [6.07, 6.45) is 0. The summed E-state index contributed by atoms with van der Waals surface area (Å²) in [5.74, 6) is -4.44. The number of amides is 3. The predicted molar refractivity (Wildman–Crippen MR) is 138 cm³/mol. The molecule has 7 nitrogen and oxygen atoms in total. The van der Waals surface area contributed by atoms with E-state index in [2.05, 4.69) is 16.0 Å². The molecule has 0 heterocycles. The number of benzene rings is 4. The van der Waals surface area contributed by atoms with Crippen LogP contribution in [0.2, 0.25) is 0 Å². The molecule has 0 saturated carbocycles. The van der Waals surface area contributed by atoms with E-state index in [4.69, 9.17) is 5.73 Å². The molecule has 5 N–H and O–H groups in total. The van der Waals surface area contributed by atoms with Gasteiger partial charge in [-0.1, -0.05) is 36.4 Å². The lowest BCUT2D eigenvalue weighted by Gasteiger charge is -2.18. The third kappa shape index (κ3) is 6.34. The van der Waals surface area contributed by atoms with Crippen LogP contribution < -0.4 is 21.7 Å². The number of carbonyl (C=O) groups excluding carboxylic acids is 3. The van der Waals surface area contributed by atoms with Crippen molar-refractivity contribution >= 4 is 40.5 Å². The number of nitrogen functional groups attached to an aromatic ring is 1. The lowest BCUT2D eigenvalue weighted by atomic mass is 9.95. The van der Waals surface area contributed by atoms with Crippen molar-refractivity contribution in [2.75, 3.05) is 21.7 Å². The van der Waals surface area contributed by atoms with Crippen molar-refractivity contribution in [2.24, 2.45) is 0 Å². The minimum Gasteiger partial charge on any atom is -0.397 e. The number of rotatable bonds is 7. The third-order valence-electron chi connectivity index (χ3n) is 5.42. The molecule has 0 spiro atoms. The van der Waals surface area contributed by atoms with Gasteiger partial charge in [-0.2, -0.15) is 0 Å². The number of hydrogen-bond acceptors (Lipinski definition) is 4. The number of carbonyl (C=O) groups is 3. The molecule has 0 aromatic heterocycles. The lowest BCUT2D eigenvalue weighted by Crippen LogP contribution is -2.32. The Labute approximate surface area is 211 Å². The van der Waals surface area contributed by atoms with E-state index in [1.807, 2.05) is 0 Å². The van der Waals surface area contributed by atoms with Gasteiger partial charge in [0, 0.05) is 16.9 Å². The second kappa shape index (κ2) is 11.1. The Kier molecular flexibility index (Phi) is 7.53. The van der Waals surface area contributed by atoms with Gasteiger partial charge in [0.25, 0.3) is 5.91 Å². The van der Waals surface area contributed by atoms with Crippen LogP contribution in [0, 0.1) is 11.6 Å².